The Morgan fingerprint density at radius 2 is 1.83 bits per heavy atom. The van der Waals surface area contributed by atoms with E-state index in [0.29, 0.717) is 29.3 Å². The molecule has 0 saturated carbocycles. The van der Waals surface area contributed by atoms with Crippen molar-refractivity contribution in [1.29, 1.82) is 0 Å². The maximum Gasteiger partial charge on any atom is 0.328 e. The van der Waals surface area contributed by atoms with Gasteiger partial charge >= 0.3 is 5.97 Å². The number of carbonyl (C=O) groups is 3. The van der Waals surface area contributed by atoms with Crippen molar-refractivity contribution in [2.24, 2.45) is 0 Å². The molecule has 30 heavy (non-hydrogen) atoms. The molecule has 1 atom stereocenters. The van der Waals surface area contributed by atoms with E-state index < -0.39 is 11.9 Å². The van der Waals surface area contributed by atoms with Gasteiger partial charge in [-0.3, -0.25) is 9.59 Å². The van der Waals surface area contributed by atoms with Gasteiger partial charge in [-0.1, -0.05) is 13.0 Å². The minimum absolute atomic E-state index is 0.153. The first-order chi connectivity index (χ1) is 14.4. The van der Waals surface area contributed by atoms with Crippen molar-refractivity contribution in [2.75, 3.05) is 17.4 Å². The first-order valence-corrected chi connectivity index (χ1v) is 10.0. The van der Waals surface area contributed by atoms with Gasteiger partial charge in [-0.15, -0.1) is 11.8 Å². The average Bonchev–Trinajstić information content (AvgIpc) is 3.18. The Morgan fingerprint density at radius 1 is 1.07 bits per heavy atom. The summed E-state index contributed by atoms with van der Waals surface area (Å²) < 4.78 is 10.6. The Kier molecular flexibility index (Phi) is 6.97. The van der Waals surface area contributed by atoms with Crippen LogP contribution in [0.1, 0.15) is 13.3 Å². The summed E-state index contributed by atoms with van der Waals surface area (Å²) in [5.74, 6) is -0.665. The third-order valence-corrected chi connectivity index (χ3v) is 5.42. The van der Waals surface area contributed by atoms with Crippen LogP contribution in [0.3, 0.4) is 0 Å². The van der Waals surface area contributed by atoms with Crippen molar-refractivity contribution in [2.45, 2.75) is 23.5 Å². The molecule has 1 unspecified atom stereocenters. The third-order valence-electron chi connectivity index (χ3n) is 4.06. The number of benzene rings is 2. The number of hydrogen-bond donors (Lipinski definition) is 3. The number of ether oxygens (including phenoxy) is 2. The molecule has 1 aliphatic heterocycles. The lowest BCUT2D eigenvalue weighted by Gasteiger charge is -2.15. The van der Waals surface area contributed by atoms with E-state index in [1.54, 1.807) is 36.4 Å². The summed E-state index contributed by atoms with van der Waals surface area (Å²) in [6, 6.07) is 12.2. The van der Waals surface area contributed by atoms with Gasteiger partial charge < -0.3 is 25.2 Å². The quantitative estimate of drug-likeness (QED) is 0.435. The fraction of sp³-hybridized carbons (Fsp3) is 0.190. The second-order valence-electron chi connectivity index (χ2n) is 6.26. The largest absolute Gasteiger partial charge is 0.478 e. The summed E-state index contributed by atoms with van der Waals surface area (Å²) in [4.78, 5) is 35.8. The van der Waals surface area contributed by atoms with Gasteiger partial charge in [0.2, 0.25) is 18.6 Å². The summed E-state index contributed by atoms with van der Waals surface area (Å²) in [6.07, 6.45) is 2.30. The van der Waals surface area contributed by atoms with Crippen LogP contribution in [0.4, 0.5) is 11.4 Å². The van der Waals surface area contributed by atoms with Crippen LogP contribution in [0, 0.1) is 0 Å². The number of carboxylic acid groups (broad SMARTS) is 1. The molecule has 2 aromatic rings. The highest BCUT2D eigenvalue weighted by molar-refractivity contribution is 8.00. The summed E-state index contributed by atoms with van der Waals surface area (Å²) in [7, 11) is 0. The van der Waals surface area contributed by atoms with Crippen LogP contribution < -0.4 is 20.1 Å². The first kappa shape index (κ1) is 21.3. The fourth-order valence-electron chi connectivity index (χ4n) is 2.66. The summed E-state index contributed by atoms with van der Waals surface area (Å²) >= 11 is 1.37. The van der Waals surface area contributed by atoms with Crippen molar-refractivity contribution in [3.05, 3.63) is 54.6 Å². The molecule has 0 spiro atoms. The third kappa shape index (κ3) is 5.77. The zero-order valence-corrected chi connectivity index (χ0v) is 16.9. The standard InChI is InChI=1S/C21H20N2O6S/c1-2-18(21(27)23-14-6-7-16-17(11-14)29-12-28-16)30-15-5-3-4-13(10-15)22-19(24)8-9-20(25)26/h3-11,18H,2,12H2,1H3,(H,22,24)(H,23,27)(H,25,26)/b9-8+. The minimum Gasteiger partial charge on any atom is -0.478 e. The molecule has 8 nitrogen and oxygen atoms in total. The lowest BCUT2D eigenvalue weighted by molar-refractivity contribution is -0.131. The Bertz CT molecular complexity index is 991. The average molecular weight is 428 g/mol. The number of thioether (sulfide) groups is 1. The van der Waals surface area contributed by atoms with Gasteiger partial charge in [0.1, 0.15) is 0 Å². The second-order valence-corrected chi connectivity index (χ2v) is 7.54. The first-order valence-electron chi connectivity index (χ1n) is 9.14. The topological polar surface area (TPSA) is 114 Å². The second kappa shape index (κ2) is 9.84. The lowest BCUT2D eigenvalue weighted by Crippen LogP contribution is -2.24. The smallest absolute Gasteiger partial charge is 0.328 e. The van der Waals surface area contributed by atoms with Crippen LogP contribution in [0.2, 0.25) is 0 Å². The molecule has 2 amide bonds. The van der Waals surface area contributed by atoms with Crippen LogP contribution in [0.5, 0.6) is 11.5 Å². The summed E-state index contributed by atoms with van der Waals surface area (Å²) in [5, 5.41) is 13.7. The molecule has 2 aromatic carbocycles. The Hall–Kier alpha value is -3.46. The predicted octanol–water partition coefficient (Wildman–Crippen LogP) is 3.50. The normalized spacial score (nSPS) is 13.1. The zero-order valence-electron chi connectivity index (χ0n) is 16.1. The molecule has 3 N–H and O–H groups in total. The van der Waals surface area contributed by atoms with Gasteiger partial charge in [0.15, 0.2) is 11.5 Å². The number of amides is 2. The summed E-state index contributed by atoms with van der Waals surface area (Å²) in [6.45, 7) is 2.08. The molecule has 0 radical (unpaired) electrons. The number of nitrogens with one attached hydrogen (secondary N) is 2. The predicted molar refractivity (Wildman–Crippen MR) is 113 cm³/mol. The maximum absolute atomic E-state index is 12.7. The molecular formula is C21H20N2O6S. The van der Waals surface area contributed by atoms with E-state index >= 15 is 0 Å². The van der Waals surface area contributed by atoms with Gasteiger partial charge in [-0.05, 0) is 36.8 Å². The molecule has 0 saturated heterocycles. The van der Waals surface area contributed by atoms with Crippen LogP contribution in [-0.2, 0) is 14.4 Å². The molecule has 0 bridgehead atoms. The van der Waals surface area contributed by atoms with Crippen LogP contribution in [0.15, 0.2) is 59.5 Å². The number of carbonyl (C=O) groups excluding carboxylic acids is 2. The number of hydrogen-bond acceptors (Lipinski definition) is 6. The Morgan fingerprint density at radius 3 is 2.60 bits per heavy atom. The van der Waals surface area contributed by atoms with Gasteiger partial charge in [-0.2, -0.15) is 0 Å². The zero-order chi connectivity index (χ0) is 21.5. The van der Waals surface area contributed by atoms with Gasteiger partial charge in [0.25, 0.3) is 0 Å². The van der Waals surface area contributed by atoms with Crippen molar-refractivity contribution >= 4 is 40.9 Å². The molecule has 0 aliphatic carbocycles. The molecule has 1 aliphatic rings. The molecule has 0 aromatic heterocycles. The van der Waals surface area contributed by atoms with Crippen LogP contribution >= 0.6 is 11.8 Å². The van der Waals surface area contributed by atoms with E-state index in [4.69, 9.17) is 14.6 Å². The monoisotopic (exact) mass is 428 g/mol. The van der Waals surface area contributed by atoms with E-state index in [9.17, 15) is 14.4 Å². The van der Waals surface area contributed by atoms with Crippen LogP contribution in [-0.4, -0.2) is 34.9 Å². The SMILES string of the molecule is CCC(Sc1cccc(NC(=O)/C=C/C(=O)O)c1)C(=O)Nc1ccc2c(c1)OCO2. The van der Waals surface area contributed by atoms with E-state index in [0.717, 1.165) is 17.0 Å². The maximum atomic E-state index is 12.7. The van der Waals surface area contributed by atoms with Crippen molar-refractivity contribution in [1.82, 2.24) is 0 Å². The number of carboxylic acids is 1. The Labute approximate surface area is 177 Å². The van der Waals surface area contributed by atoms with Gasteiger partial charge in [0, 0.05) is 34.5 Å². The highest BCUT2D eigenvalue weighted by atomic mass is 32.2. The van der Waals surface area contributed by atoms with Crippen molar-refractivity contribution in [3.63, 3.8) is 0 Å². The van der Waals surface area contributed by atoms with E-state index in [2.05, 4.69) is 10.6 Å². The number of aliphatic carboxylic acids is 1. The Balaban J connectivity index is 1.62. The lowest BCUT2D eigenvalue weighted by atomic mass is 10.2. The van der Waals surface area contributed by atoms with Crippen molar-refractivity contribution < 1.29 is 29.0 Å². The minimum atomic E-state index is -1.20. The van der Waals surface area contributed by atoms with E-state index in [1.807, 2.05) is 13.0 Å². The van der Waals surface area contributed by atoms with Crippen LogP contribution in [0.25, 0.3) is 0 Å². The fourth-order valence-corrected chi connectivity index (χ4v) is 3.67. The number of fused-ring (bicyclic) bond motifs is 1. The van der Waals surface area contributed by atoms with Gasteiger partial charge in [-0.25, -0.2) is 4.79 Å². The van der Waals surface area contributed by atoms with E-state index in [1.165, 1.54) is 11.8 Å². The molecular weight excluding hydrogens is 408 g/mol. The molecule has 0 fully saturated rings. The number of anilines is 2. The molecule has 156 valence electrons. The highest BCUT2D eigenvalue weighted by Crippen LogP contribution is 2.35. The van der Waals surface area contributed by atoms with Crippen molar-refractivity contribution in [3.8, 4) is 11.5 Å². The molecule has 9 heteroatoms. The molecule has 1 heterocycles. The van der Waals surface area contributed by atoms with Gasteiger partial charge in [0.05, 0.1) is 5.25 Å². The van der Waals surface area contributed by atoms with E-state index in [-0.39, 0.29) is 18.0 Å². The number of rotatable bonds is 8. The highest BCUT2D eigenvalue weighted by Gasteiger charge is 2.20. The molecule has 3 rings (SSSR count). The summed E-state index contributed by atoms with van der Waals surface area (Å²) in [5.41, 5.74) is 1.13.